The molecule has 0 radical (unpaired) electrons. The lowest BCUT2D eigenvalue weighted by Crippen LogP contribution is -2.21. The third kappa shape index (κ3) is 4.49. The number of amides is 1. The van der Waals surface area contributed by atoms with Gasteiger partial charge in [0.1, 0.15) is 0 Å². The van der Waals surface area contributed by atoms with E-state index in [1.807, 2.05) is 25.1 Å². The van der Waals surface area contributed by atoms with Gasteiger partial charge in [0, 0.05) is 30.5 Å². The first kappa shape index (κ1) is 17.8. The highest BCUT2D eigenvalue weighted by Gasteiger charge is 2.12. The zero-order chi connectivity index (χ0) is 17.7. The number of hydrogen-bond acceptors (Lipinski definition) is 4. The smallest absolute Gasteiger partial charge is 0.338 e. The van der Waals surface area contributed by atoms with Crippen molar-refractivity contribution in [3.63, 3.8) is 0 Å². The molecule has 0 spiro atoms. The van der Waals surface area contributed by atoms with Gasteiger partial charge in [0.2, 0.25) is 0 Å². The summed E-state index contributed by atoms with van der Waals surface area (Å²) in [6.45, 7) is 1.44. The summed E-state index contributed by atoms with van der Waals surface area (Å²) in [5.41, 5.74) is 2.63. The molecule has 0 bridgehead atoms. The van der Waals surface area contributed by atoms with Crippen molar-refractivity contribution in [3.8, 4) is 0 Å². The van der Waals surface area contributed by atoms with E-state index in [-0.39, 0.29) is 6.61 Å². The molecule has 0 aliphatic heterocycles. The molecule has 24 heavy (non-hydrogen) atoms. The molecule has 6 heteroatoms. The van der Waals surface area contributed by atoms with Crippen molar-refractivity contribution < 1.29 is 14.3 Å². The van der Waals surface area contributed by atoms with Crippen LogP contribution < -0.4 is 10.2 Å². The first-order valence-corrected chi connectivity index (χ1v) is 7.75. The number of carbonyl (C=O) groups excluding carboxylic acids is 2. The molecule has 0 saturated heterocycles. The number of ether oxygens (including phenoxy) is 1. The molecule has 2 rings (SSSR count). The zero-order valence-corrected chi connectivity index (χ0v) is 14.6. The van der Waals surface area contributed by atoms with E-state index in [4.69, 9.17) is 16.3 Å². The number of esters is 1. The van der Waals surface area contributed by atoms with Crippen molar-refractivity contribution in [3.05, 3.63) is 58.6 Å². The number of nitrogens with one attached hydrogen (secondary N) is 1. The van der Waals surface area contributed by atoms with Crippen molar-refractivity contribution in [1.29, 1.82) is 0 Å². The molecule has 0 saturated carbocycles. The Bertz CT molecular complexity index is 760. The number of hydrogen-bond donors (Lipinski definition) is 1. The number of carbonyl (C=O) groups is 2. The first-order valence-electron chi connectivity index (χ1n) is 7.38. The summed E-state index contributed by atoms with van der Waals surface area (Å²) in [7, 11) is 3.76. The van der Waals surface area contributed by atoms with Crippen LogP contribution in [0.5, 0.6) is 0 Å². The lowest BCUT2D eigenvalue weighted by Gasteiger charge is -2.13. The molecule has 0 aromatic heterocycles. The summed E-state index contributed by atoms with van der Waals surface area (Å²) in [6, 6.07) is 12.2. The normalized spacial score (nSPS) is 10.2. The van der Waals surface area contributed by atoms with Gasteiger partial charge in [0.25, 0.3) is 5.91 Å². The van der Waals surface area contributed by atoms with E-state index in [9.17, 15) is 9.59 Å². The van der Waals surface area contributed by atoms with E-state index in [0.29, 0.717) is 16.3 Å². The average Bonchev–Trinajstić information content (AvgIpc) is 2.57. The molecule has 0 unspecified atom stereocenters. The third-order valence-corrected chi connectivity index (χ3v) is 3.88. The number of nitrogens with zero attached hydrogens (tertiary/aromatic N) is 1. The van der Waals surface area contributed by atoms with Gasteiger partial charge in [0.15, 0.2) is 6.61 Å². The molecule has 1 amide bonds. The Kier molecular flexibility index (Phi) is 5.82. The number of rotatable bonds is 5. The molecule has 0 atom stereocenters. The largest absolute Gasteiger partial charge is 0.452 e. The van der Waals surface area contributed by atoms with Gasteiger partial charge in [0.05, 0.1) is 5.56 Å². The Labute approximate surface area is 146 Å². The monoisotopic (exact) mass is 346 g/mol. The minimum absolute atomic E-state index is 0.364. The predicted octanol–water partition coefficient (Wildman–Crippen LogP) is 3.51. The Morgan fingerprint density at radius 3 is 2.58 bits per heavy atom. The van der Waals surface area contributed by atoms with Crippen LogP contribution in [0.3, 0.4) is 0 Å². The van der Waals surface area contributed by atoms with Crippen LogP contribution in [0.4, 0.5) is 11.4 Å². The molecule has 2 aromatic carbocycles. The number of anilines is 2. The van der Waals surface area contributed by atoms with Gasteiger partial charge in [-0.2, -0.15) is 0 Å². The second-order valence-corrected chi connectivity index (χ2v) is 5.89. The summed E-state index contributed by atoms with van der Waals surface area (Å²) < 4.78 is 5.06. The molecule has 0 aliphatic carbocycles. The van der Waals surface area contributed by atoms with Crippen molar-refractivity contribution in [2.45, 2.75) is 6.92 Å². The third-order valence-electron chi connectivity index (χ3n) is 3.47. The lowest BCUT2D eigenvalue weighted by molar-refractivity contribution is -0.119. The fourth-order valence-electron chi connectivity index (χ4n) is 2.05. The summed E-state index contributed by atoms with van der Waals surface area (Å²) in [5, 5.41) is 3.24. The van der Waals surface area contributed by atoms with Gasteiger partial charge in [-0.05, 0) is 42.8 Å². The van der Waals surface area contributed by atoms with Crippen LogP contribution in [0.1, 0.15) is 15.9 Å². The Hall–Kier alpha value is -2.53. The summed E-state index contributed by atoms with van der Waals surface area (Å²) in [5.74, 6) is -0.964. The summed E-state index contributed by atoms with van der Waals surface area (Å²) in [4.78, 5) is 25.9. The Morgan fingerprint density at radius 1 is 1.17 bits per heavy atom. The molecule has 5 nitrogen and oxygen atoms in total. The minimum Gasteiger partial charge on any atom is -0.452 e. The van der Waals surface area contributed by atoms with Crippen LogP contribution in [0.2, 0.25) is 5.02 Å². The second kappa shape index (κ2) is 7.84. The average molecular weight is 347 g/mol. The Morgan fingerprint density at radius 2 is 1.88 bits per heavy atom. The molecule has 0 aliphatic rings. The number of halogens is 1. The summed E-state index contributed by atoms with van der Waals surface area (Å²) >= 11 is 6.00. The maximum Gasteiger partial charge on any atom is 0.338 e. The highest BCUT2D eigenvalue weighted by atomic mass is 35.5. The van der Waals surface area contributed by atoms with E-state index < -0.39 is 11.9 Å². The van der Waals surface area contributed by atoms with Crippen LogP contribution in [-0.4, -0.2) is 32.6 Å². The van der Waals surface area contributed by atoms with Gasteiger partial charge in [-0.1, -0.05) is 23.7 Å². The first-order chi connectivity index (χ1) is 11.4. The molecular formula is C18H19ClN2O3. The lowest BCUT2D eigenvalue weighted by atomic mass is 10.2. The van der Waals surface area contributed by atoms with Crippen molar-refractivity contribution in [2.75, 3.05) is 30.9 Å². The zero-order valence-electron chi connectivity index (χ0n) is 13.8. The topological polar surface area (TPSA) is 58.6 Å². The number of benzene rings is 2. The van der Waals surface area contributed by atoms with Crippen molar-refractivity contribution in [2.24, 2.45) is 0 Å². The van der Waals surface area contributed by atoms with Crippen LogP contribution in [-0.2, 0) is 9.53 Å². The van der Waals surface area contributed by atoms with E-state index in [0.717, 1.165) is 11.3 Å². The van der Waals surface area contributed by atoms with Gasteiger partial charge < -0.3 is 15.0 Å². The standard InChI is InChI=1S/C18H19ClN2O3/c1-12-15(19)8-5-9-16(12)20-17(22)11-24-18(23)13-6-4-7-14(10-13)21(2)3/h4-10H,11H2,1-3H3,(H,20,22). The Balaban J connectivity index is 1.95. The second-order valence-electron chi connectivity index (χ2n) is 5.48. The summed E-state index contributed by atoms with van der Waals surface area (Å²) in [6.07, 6.45) is 0. The van der Waals surface area contributed by atoms with E-state index in [1.165, 1.54) is 0 Å². The molecule has 1 N–H and O–H groups in total. The highest BCUT2D eigenvalue weighted by molar-refractivity contribution is 6.31. The van der Waals surface area contributed by atoms with E-state index >= 15 is 0 Å². The van der Waals surface area contributed by atoms with E-state index in [2.05, 4.69) is 5.32 Å². The molecular weight excluding hydrogens is 328 g/mol. The van der Waals surface area contributed by atoms with Crippen LogP contribution in [0.15, 0.2) is 42.5 Å². The predicted molar refractivity (Wildman–Crippen MR) is 95.9 cm³/mol. The van der Waals surface area contributed by atoms with Crippen LogP contribution >= 0.6 is 11.6 Å². The van der Waals surface area contributed by atoms with Crippen LogP contribution in [0.25, 0.3) is 0 Å². The fourth-order valence-corrected chi connectivity index (χ4v) is 2.23. The van der Waals surface area contributed by atoms with E-state index in [1.54, 1.807) is 43.3 Å². The minimum atomic E-state index is -0.545. The SMILES string of the molecule is Cc1c(Cl)cccc1NC(=O)COC(=O)c1cccc(N(C)C)c1. The fraction of sp³-hybridized carbons (Fsp3) is 0.222. The van der Waals surface area contributed by atoms with Gasteiger partial charge in [-0.15, -0.1) is 0 Å². The highest BCUT2D eigenvalue weighted by Crippen LogP contribution is 2.22. The van der Waals surface area contributed by atoms with Gasteiger partial charge >= 0.3 is 5.97 Å². The molecule has 126 valence electrons. The van der Waals surface area contributed by atoms with Crippen molar-refractivity contribution >= 4 is 34.9 Å². The quantitative estimate of drug-likeness (QED) is 0.842. The molecule has 0 fully saturated rings. The van der Waals surface area contributed by atoms with Gasteiger partial charge in [-0.3, -0.25) is 4.79 Å². The van der Waals surface area contributed by atoms with Gasteiger partial charge in [-0.25, -0.2) is 4.79 Å². The maximum atomic E-state index is 12.1. The molecule has 2 aromatic rings. The maximum absolute atomic E-state index is 12.1. The molecule has 0 heterocycles. The van der Waals surface area contributed by atoms with Crippen LogP contribution in [0, 0.1) is 6.92 Å². The van der Waals surface area contributed by atoms with Crippen molar-refractivity contribution in [1.82, 2.24) is 0 Å².